The Morgan fingerprint density at radius 3 is 1.86 bits per heavy atom. The average Bonchev–Trinajstić information content (AvgIpc) is 1.38. The van der Waals surface area contributed by atoms with Gasteiger partial charge in [-0.25, -0.2) is 0 Å². The summed E-state index contributed by atoms with van der Waals surface area (Å²) < 4.78 is 0. The molecule has 0 aliphatic heterocycles. The van der Waals surface area contributed by atoms with Crippen LogP contribution in [-0.2, 0) is 4.79 Å². The molecule has 0 aromatic heterocycles. The number of rotatable bonds is 1. The Balaban J connectivity index is -0.0000000800. The third kappa shape index (κ3) is 18.3. The van der Waals surface area contributed by atoms with Gasteiger partial charge in [0, 0.05) is 0 Å². The maximum atomic E-state index is 9.01. The molecule has 7 heavy (non-hydrogen) atoms. The second-order valence-corrected chi connectivity index (χ2v) is 0.530. The van der Waals surface area contributed by atoms with E-state index in [9.17, 15) is 0 Å². The Kier molecular flexibility index (Phi) is 24.0. The molecule has 0 saturated carbocycles. The van der Waals surface area contributed by atoms with E-state index >= 15 is 0 Å². The van der Waals surface area contributed by atoms with Crippen molar-refractivity contribution >= 4 is 24.8 Å². The fourth-order valence-corrected chi connectivity index (χ4v) is 0. The van der Waals surface area contributed by atoms with E-state index in [-0.39, 0.29) is 70.2 Å². The van der Waals surface area contributed by atoms with Crippen LogP contribution in [0.2, 0.25) is 0 Å². The average molecular weight is 122 g/mol. The van der Waals surface area contributed by atoms with Gasteiger partial charge in [-0.05, 0) is 0 Å². The van der Waals surface area contributed by atoms with Crippen LogP contribution < -0.4 is 56.5 Å². The van der Waals surface area contributed by atoms with Crippen LogP contribution >= 0.6 is 0 Å². The zero-order valence-corrected chi connectivity index (χ0v) is 6.59. The monoisotopic (exact) mass is 122 g/mol. The number of carbonyl (C=O) groups is 1. The van der Waals surface area contributed by atoms with Crippen molar-refractivity contribution in [1.29, 1.82) is 0 Å². The number of hydrogen-bond acceptors (Lipinski definition) is 3. The van der Waals surface area contributed by atoms with Crippen molar-refractivity contribution in [3.63, 3.8) is 0 Å². The van der Waals surface area contributed by atoms with E-state index in [1.54, 1.807) is 0 Å². The summed E-state index contributed by atoms with van der Waals surface area (Å²) in [4.78, 5) is 9.01. The van der Waals surface area contributed by atoms with Gasteiger partial charge in [-0.3, -0.25) is 0 Å². The Labute approximate surface area is 96.1 Å². The first-order valence-electron chi connectivity index (χ1n) is 1.08. The number of aliphatic hydroxyl groups excluding tert-OH is 1. The Morgan fingerprint density at radius 1 is 1.71 bits per heavy atom. The zero-order chi connectivity index (χ0) is 4.28. The van der Waals surface area contributed by atoms with E-state index in [4.69, 9.17) is 15.0 Å². The first-order valence-corrected chi connectivity index (χ1v) is 1.08. The van der Waals surface area contributed by atoms with Crippen LogP contribution in [0.5, 0.6) is 0 Å². The first kappa shape index (κ1) is 15.9. The second-order valence-electron chi connectivity index (χ2n) is 0.530. The molecular formula is C2H4KLiO3. The molecule has 5 heteroatoms. The summed E-state index contributed by atoms with van der Waals surface area (Å²) >= 11 is 0. The SMILES string of the molecule is O=C([O-])CO.[K+].[LiH]. The zero-order valence-electron chi connectivity index (χ0n) is 3.47. The third-order valence-corrected chi connectivity index (χ3v) is 0.129. The molecule has 0 saturated heterocycles. The van der Waals surface area contributed by atoms with Gasteiger partial charge in [0.15, 0.2) is 0 Å². The fraction of sp³-hybridized carbons (Fsp3) is 0.500. The molecule has 3 nitrogen and oxygen atoms in total. The predicted octanol–water partition coefficient (Wildman–Crippen LogP) is -5.92. The van der Waals surface area contributed by atoms with Crippen LogP contribution in [0.1, 0.15) is 0 Å². The standard InChI is InChI=1S/C2H4O3.K.Li.H/c3-1-2(4)5;;;/h3H,1H2,(H,4,5);;;/q;+1;;/p-1. The normalized spacial score (nSPS) is 5.29. The van der Waals surface area contributed by atoms with Crippen LogP contribution in [-0.4, -0.2) is 36.5 Å². The number of carboxylic acid groups (broad SMARTS) is 1. The van der Waals surface area contributed by atoms with Crippen molar-refractivity contribution in [2.45, 2.75) is 0 Å². The Bertz CT molecular complexity index is 48.2. The summed E-state index contributed by atoms with van der Waals surface area (Å²) in [7, 11) is 0. The van der Waals surface area contributed by atoms with Crippen LogP contribution in [0.4, 0.5) is 0 Å². The van der Waals surface area contributed by atoms with Crippen molar-refractivity contribution in [2.75, 3.05) is 6.61 Å². The molecule has 0 amide bonds. The third-order valence-electron chi connectivity index (χ3n) is 0.129. The molecule has 0 heterocycles. The minimum absolute atomic E-state index is 0. The van der Waals surface area contributed by atoms with Gasteiger partial charge >= 0.3 is 70.2 Å². The number of hydrogen-bond donors (Lipinski definition) is 1. The van der Waals surface area contributed by atoms with Gasteiger partial charge in [0.05, 0.1) is 12.6 Å². The van der Waals surface area contributed by atoms with Crippen molar-refractivity contribution in [3.05, 3.63) is 0 Å². The van der Waals surface area contributed by atoms with Crippen LogP contribution in [0, 0.1) is 0 Å². The van der Waals surface area contributed by atoms with E-state index in [0.29, 0.717) is 0 Å². The summed E-state index contributed by atoms with van der Waals surface area (Å²) in [5, 5.41) is 16.5. The van der Waals surface area contributed by atoms with E-state index in [1.165, 1.54) is 0 Å². The fourth-order valence-electron chi connectivity index (χ4n) is 0. The van der Waals surface area contributed by atoms with Crippen LogP contribution in [0.3, 0.4) is 0 Å². The maximum absolute atomic E-state index is 9.01. The molecule has 0 radical (unpaired) electrons. The topological polar surface area (TPSA) is 60.4 Å². The predicted molar refractivity (Wildman–Crippen MR) is 19.2 cm³/mol. The molecule has 32 valence electrons. The van der Waals surface area contributed by atoms with E-state index < -0.39 is 12.6 Å². The molecule has 0 spiro atoms. The second kappa shape index (κ2) is 10.6. The molecule has 0 fully saturated rings. The van der Waals surface area contributed by atoms with Crippen molar-refractivity contribution in [1.82, 2.24) is 0 Å². The van der Waals surface area contributed by atoms with Gasteiger partial charge in [-0.2, -0.15) is 0 Å². The van der Waals surface area contributed by atoms with Crippen molar-refractivity contribution in [3.8, 4) is 0 Å². The molecule has 0 aromatic carbocycles. The minimum atomic E-state index is -1.44. The van der Waals surface area contributed by atoms with Crippen molar-refractivity contribution in [2.24, 2.45) is 0 Å². The molecule has 0 aliphatic rings. The Hall–Kier alpha value is 1.66. The summed E-state index contributed by atoms with van der Waals surface area (Å²) in [5.74, 6) is -1.44. The van der Waals surface area contributed by atoms with E-state index in [1.807, 2.05) is 0 Å². The summed E-state index contributed by atoms with van der Waals surface area (Å²) in [6, 6.07) is 0. The number of carboxylic acids is 1. The molecule has 0 atom stereocenters. The number of carbonyl (C=O) groups excluding carboxylic acids is 1. The van der Waals surface area contributed by atoms with Crippen molar-refractivity contribution < 1.29 is 66.4 Å². The molecule has 1 N–H and O–H groups in total. The molecular weight excluding hydrogens is 118 g/mol. The van der Waals surface area contributed by atoms with Crippen LogP contribution in [0.25, 0.3) is 0 Å². The van der Waals surface area contributed by atoms with E-state index in [2.05, 4.69) is 0 Å². The number of aliphatic hydroxyl groups is 1. The van der Waals surface area contributed by atoms with Gasteiger partial charge in [0.2, 0.25) is 0 Å². The van der Waals surface area contributed by atoms with E-state index in [0.717, 1.165) is 0 Å². The Morgan fingerprint density at radius 2 is 1.86 bits per heavy atom. The molecule has 0 rings (SSSR count). The summed E-state index contributed by atoms with van der Waals surface area (Å²) in [6.07, 6.45) is 0. The van der Waals surface area contributed by atoms with Gasteiger partial charge < -0.3 is 15.0 Å². The quantitative estimate of drug-likeness (QED) is 0.352. The summed E-state index contributed by atoms with van der Waals surface area (Å²) in [5.41, 5.74) is 0. The van der Waals surface area contributed by atoms with Gasteiger partial charge in [-0.1, -0.05) is 0 Å². The van der Waals surface area contributed by atoms with Gasteiger partial charge in [0.25, 0.3) is 0 Å². The number of aliphatic carboxylic acids is 1. The van der Waals surface area contributed by atoms with Crippen LogP contribution in [0.15, 0.2) is 0 Å². The molecule has 0 bridgehead atoms. The summed E-state index contributed by atoms with van der Waals surface area (Å²) in [6.45, 7) is -0.889. The molecule has 0 unspecified atom stereocenters. The first-order chi connectivity index (χ1) is 2.27. The van der Waals surface area contributed by atoms with Gasteiger partial charge in [-0.15, -0.1) is 0 Å². The molecule has 0 aromatic rings. The molecule has 0 aliphatic carbocycles. The van der Waals surface area contributed by atoms with Gasteiger partial charge in [0.1, 0.15) is 0 Å².